The van der Waals surface area contributed by atoms with E-state index in [4.69, 9.17) is 32.5 Å². The van der Waals surface area contributed by atoms with Gasteiger partial charge in [0.1, 0.15) is 6.61 Å². The van der Waals surface area contributed by atoms with Crippen LogP contribution in [0.4, 0.5) is 4.79 Å². The molecule has 3 N–H and O–H groups in total. The predicted octanol–water partition coefficient (Wildman–Crippen LogP) is 4.24. The molecule has 1 amide bonds. The average Bonchev–Trinajstić information content (AvgIpc) is 2.97. The van der Waals surface area contributed by atoms with Crippen LogP contribution in [0.5, 0.6) is 0 Å². The smallest absolute Gasteiger partial charge is 0.407 e. The van der Waals surface area contributed by atoms with Gasteiger partial charge in [-0.2, -0.15) is 0 Å². The minimum atomic E-state index is -5.56. The molecule has 0 heterocycles. The zero-order chi connectivity index (χ0) is 34.3. The molecule has 1 rings (SSSR count). The van der Waals surface area contributed by atoms with Gasteiger partial charge in [0.25, 0.3) is 5.08 Å². The monoisotopic (exact) mass is 683 g/mol. The van der Waals surface area contributed by atoms with Gasteiger partial charge < -0.3 is 34.3 Å². The molecule has 0 aliphatic rings. The number of nitrogens with one attached hydrogen (secondary N) is 1. The van der Waals surface area contributed by atoms with Gasteiger partial charge in [-0.3, -0.25) is 37.1 Å². The Morgan fingerprint density at radius 2 is 1.20 bits per heavy atom. The number of aliphatic hydroxyl groups is 1. The molecule has 0 saturated carbocycles. The van der Waals surface area contributed by atoms with E-state index in [0.29, 0.717) is 5.56 Å². The van der Waals surface area contributed by atoms with Gasteiger partial charge in [0.2, 0.25) is 20.4 Å². The van der Waals surface area contributed by atoms with E-state index in [9.17, 15) is 38.3 Å². The number of hydrogen-bond acceptors (Lipinski definition) is 14. The van der Waals surface area contributed by atoms with Crippen molar-refractivity contribution in [2.45, 2.75) is 66.1 Å². The summed E-state index contributed by atoms with van der Waals surface area (Å²) in [5.74, 6) is -4.35. The number of ether oxygens (including phenoxy) is 4. The van der Waals surface area contributed by atoms with Crippen molar-refractivity contribution in [3.8, 4) is 0 Å². The number of esters is 3. The summed E-state index contributed by atoms with van der Waals surface area (Å²) in [5, 5.41) is 10.5. The van der Waals surface area contributed by atoms with Gasteiger partial charge in [-0.1, -0.05) is 71.9 Å². The van der Waals surface area contributed by atoms with Crippen molar-refractivity contribution >= 4 is 39.2 Å². The molecule has 0 radical (unpaired) electrons. The summed E-state index contributed by atoms with van der Waals surface area (Å²) in [6, 6.07) is 8.77. The SMILES string of the molecule is CC(C)C(=O)OCOP(=O)(O)C(O)(CCCNC(=O)OCc1ccccc1)P(=O)(OCOC(=O)C(C)C)OCOC(=O)C(C)C. The fourth-order valence-corrected chi connectivity index (χ4v) is 6.94. The summed E-state index contributed by atoms with van der Waals surface area (Å²) < 4.78 is 62.1. The Hall–Kier alpha value is -2.84. The van der Waals surface area contributed by atoms with E-state index in [1.165, 1.54) is 41.5 Å². The van der Waals surface area contributed by atoms with Crippen LogP contribution in [0.15, 0.2) is 30.3 Å². The lowest BCUT2D eigenvalue weighted by Gasteiger charge is -2.36. The Morgan fingerprint density at radius 3 is 1.64 bits per heavy atom. The van der Waals surface area contributed by atoms with Crippen molar-refractivity contribution in [2.24, 2.45) is 17.8 Å². The Morgan fingerprint density at radius 1 is 0.756 bits per heavy atom. The lowest BCUT2D eigenvalue weighted by Crippen LogP contribution is -2.35. The molecule has 0 saturated heterocycles. The molecular weight excluding hydrogens is 640 g/mol. The summed E-state index contributed by atoms with van der Waals surface area (Å²) in [7, 11) is -10.9. The van der Waals surface area contributed by atoms with Crippen molar-refractivity contribution in [3.63, 3.8) is 0 Å². The quantitative estimate of drug-likeness (QED) is 0.0575. The molecule has 256 valence electrons. The summed E-state index contributed by atoms with van der Waals surface area (Å²) in [4.78, 5) is 58.7. The number of carbonyl (C=O) groups is 4. The normalized spacial score (nSPS) is 14.4. The first-order chi connectivity index (χ1) is 21.0. The molecule has 0 spiro atoms. The standard InChI is InChI=1S/C27H43NO15P2/c1-19(2)23(29)38-16-41-44(34,35)27(33,13-10-14-28-26(32)37-15-22-11-8-7-9-12-22)45(36,42-17-39-24(30)20(3)4)43-18-40-25(31)21(5)6/h7-9,11-12,19-21,33H,10,13-18H2,1-6H3,(H,28,32)(H,34,35). The van der Waals surface area contributed by atoms with E-state index in [2.05, 4.69) is 5.32 Å². The minimum absolute atomic E-state index is 0.0491. The fraction of sp³-hybridized carbons (Fsp3) is 0.630. The van der Waals surface area contributed by atoms with Crippen LogP contribution in [0.1, 0.15) is 59.9 Å². The zero-order valence-corrected chi connectivity index (χ0v) is 28.0. The summed E-state index contributed by atoms with van der Waals surface area (Å²) >= 11 is 0. The number of carbonyl (C=O) groups excluding carboxylic acids is 4. The maximum absolute atomic E-state index is 14.1. The number of hydrogen-bond donors (Lipinski definition) is 3. The molecule has 0 aliphatic heterocycles. The van der Waals surface area contributed by atoms with Gasteiger partial charge in [0.15, 0.2) is 0 Å². The van der Waals surface area contributed by atoms with Crippen molar-refractivity contribution < 1.29 is 70.8 Å². The molecule has 1 aromatic rings. The van der Waals surface area contributed by atoms with Gasteiger partial charge in [-0.15, -0.1) is 0 Å². The van der Waals surface area contributed by atoms with Crippen LogP contribution in [0, 0.1) is 17.8 Å². The Labute approximate surface area is 262 Å². The third kappa shape index (κ3) is 13.2. The average molecular weight is 684 g/mol. The van der Waals surface area contributed by atoms with Crippen molar-refractivity contribution in [1.29, 1.82) is 0 Å². The number of benzene rings is 1. The number of rotatable bonds is 20. The number of amides is 1. The van der Waals surface area contributed by atoms with Gasteiger partial charge >= 0.3 is 39.2 Å². The molecule has 0 bridgehead atoms. The van der Waals surface area contributed by atoms with E-state index in [1.54, 1.807) is 30.3 Å². The third-order valence-electron chi connectivity index (χ3n) is 5.75. The molecule has 2 unspecified atom stereocenters. The first-order valence-corrected chi connectivity index (χ1v) is 17.1. The van der Waals surface area contributed by atoms with E-state index >= 15 is 0 Å². The molecule has 18 heteroatoms. The van der Waals surface area contributed by atoms with Crippen molar-refractivity contribution in [1.82, 2.24) is 5.32 Å². The highest BCUT2D eigenvalue weighted by atomic mass is 31.2. The van der Waals surface area contributed by atoms with E-state index in [0.717, 1.165) is 0 Å². The summed E-state index contributed by atoms with van der Waals surface area (Å²) in [6.07, 6.45) is -2.10. The predicted molar refractivity (Wildman–Crippen MR) is 157 cm³/mol. The van der Waals surface area contributed by atoms with Crippen molar-refractivity contribution in [3.05, 3.63) is 35.9 Å². The highest BCUT2D eigenvalue weighted by Gasteiger charge is 2.64. The van der Waals surface area contributed by atoms with Gasteiger partial charge in [-0.05, 0) is 12.0 Å². The second kappa shape index (κ2) is 19.0. The van der Waals surface area contributed by atoms with E-state index in [1.807, 2.05) is 0 Å². The lowest BCUT2D eigenvalue weighted by molar-refractivity contribution is -0.157. The van der Waals surface area contributed by atoms with Crippen LogP contribution in [-0.4, -0.2) is 66.0 Å². The topological polar surface area (TPSA) is 220 Å². The van der Waals surface area contributed by atoms with Crippen LogP contribution >= 0.6 is 15.2 Å². The van der Waals surface area contributed by atoms with E-state index < -0.39 is 88.8 Å². The summed E-state index contributed by atoms with van der Waals surface area (Å²) in [5.41, 5.74) is 0.713. The highest BCUT2D eigenvalue weighted by molar-refractivity contribution is 7.73. The Kier molecular flexibility index (Phi) is 16.9. The Balaban J connectivity index is 3.20. The molecule has 0 aliphatic carbocycles. The molecule has 1 aromatic carbocycles. The van der Waals surface area contributed by atoms with Crippen LogP contribution in [-0.2, 0) is 62.6 Å². The number of alkyl carbamates (subject to hydrolysis) is 1. The molecule has 2 atom stereocenters. The van der Waals surface area contributed by atoms with Crippen LogP contribution < -0.4 is 5.32 Å². The lowest BCUT2D eigenvalue weighted by atomic mass is 10.2. The van der Waals surface area contributed by atoms with Crippen LogP contribution in [0.3, 0.4) is 0 Å². The fourth-order valence-electron chi connectivity index (χ4n) is 3.03. The molecular formula is C27H43NO15P2. The van der Waals surface area contributed by atoms with Crippen LogP contribution in [0.2, 0.25) is 0 Å². The first kappa shape index (κ1) is 40.2. The third-order valence-corrected chi connectivity index (χ3v) is 10.8. The Bertz CT molecular complexity index is 1180. The highest BCUT2D eigenvalue weighted by Crippen LogP contribution is 2.76. The second-order valence-electron chi connectivity index (χ2n) is 10.5. The van der Waals surface area contributed by atoms with Gasteiger partial charge in [-0.25, -0.2) is 4.79 Å². The maximum atomic E-state index is 14.1. The first-order valence-electron chi connectivity index (χ1n) is 14.0. The molecule has 0 aromatic heterocycles. The largest absolute Gasteiger partial charge is 0.445 e. The van der Waals surface area contributed by atoms with Gasteiger partial charge in [0, 0.05) is 13.0 Å². The summed E-state index contributed by atoms with van der Waals surface area (Å²) in [6.45, 7) is 5.26. The zero-order valence-electron chi connectivity index (χ0n) is 26.2. The van der Waals surface area contributed by atoms with E-state index in [-0.39, 0.29) is 19.6 Å². The second-order valence-corrected chi connectivity index (χ2v) is 15.1. The maximum Gasteiger partial charge on any atom is 0.407 e. The molecule has 16 nitrogen and oxygen atoms in total. The molecule has 0 fully saturated rings. The minimum Gasteiger partial charge on any atom is -0.445 e. The molecule has 45 heavy (non-hydrogen) atoms. The van der Waals surface area contributed by atoms with Gasteiger partial charge in [0.05, 0.1) is 17.8 Å². The van der Waals surface area contributed by atoms with Crippen molar-refractivity contribution in [2.75, 3.05) is 26.9 Å². The van der Waals surface area contributed by atoms with Crippen LogP contribution in [0.25, 0.3) is 0 Å².